The molecule has 374 valence electrons. The number of imide groups is 1. The van der Waals surface area contributed by atoms with Crippen molar-refractivity contribution < 1.29 is 32.6 Å². The minimum Gasteiger partial charge on any atom is -0.462 e. The third-order valence-electron chi connectivity index (χ3n) is 16.5. The number of carbonyl (C=O) groups excluding carboxylic acids is 3. The quantitative estimate of drug-likeness (QED) is 0.124. The Hall–Kier alpha value is -6.32. The lowest BCUT2D eigenvalue weighted by molar-refractivity contribution is -0.136. The van der Waals surface area contributed by atoms with Crippen LogP contribution in [0.15, 0.2) is 54.7 Å². The van der Waals surface area contributed by atoms with Crippen LogP contribution in [0.1, 0.15) is 79.3 Å². The Morgan fingerprint density at radius 2 is 1.67 bits per heavy atom. The van der Waals surface area contributed by atoms with Gasteiger partial charge in [-0.05, 0) is 99.5 Å². The first-order valence-corrected chi connectivity index (χ1v) is 25.8. The van der Waals surface area contributed by atoms with E-state index >= 15 is 8.78 Å². The number of nitrogens with zero attached hydrogens (tertiary/aromatic N) is 8. The van der Waals surface area contributed by atoms with Gasteiger partial charge in [0, 0.05) is 112 Å². The zero-order valence-corrected chi connectivity index (χ0v) is 40.6. The van der Waals surface area contributed by atoms with Crippen LogP contribution in [0.3, 0.4) is 0 Å². The maximum atomic E-state index is 17.1. The molecule has 15 nitrogen and oxygen atoms in total. The van der Waals surface area contributed by atoms with E-state index in [9.17, 15) is 14.4 Å². The van der Waals surface area contributed by atoms with E-state index in [1.54, 1.807) is 29.3 Å². The maximum absolute atomic E-state index is 17.1. The molecule has 6 fully saturated rings. The van der Waals surface area contributed by atoms with E-state index < -0.39 is 17.7 Å². The first kappa shape index (κ1) is 46.7. The number of pyridine rings is 1. The molecule has 72 heavy (non-hydrogen) atoms. The summed E-state index contributed by atoms with van der Waals surface area (Å²) in [7, 11) is 2.09. The van der Waals surface area contributed by atoms with Gasteiger partial charge in [-0.25, -0.2) is 8.78 Å². The van der Waals surface area contributed by atoms with E-state index in [1.807, 2.05) is 18.2 Å². The standard InChI is InChI=1S/C55H60F2N10O5/c1-3-41-45(56)12-7-33-5-4-6-43(48(33)41)50-49(57)51-44(25-58-50)52(66-28-35-8-9-36(29-66)59-35)62-55(61-51)71-31-38-24-40(30-63(38)2)72-39-17-19-64(20-18-39)26-32-15-21-65(22-16-32)37-10-11-42-34(23-37)27-67(54(42)70)46-13-14-47(68)60-53(46)69/h1,4-7,10-12,23,25,32,35-36,38-40,46,59H,8-9,13-22,24,26-31H2,2H3,(H,60,68,69)/t35?,36?,38-,40+,46?/m0/s1. The van der Waals surface area contributed by atoms with Gasteiger partial charge in [0.2, 0.25) is 11.8 Å². The molecular formula is C55H60F2N10O5. The SMILES string of the molecule is C#Cc1c(F)ccc2cccc(-c3ncc4c(N5CC6CCC(C5)N6)nc(OC[C@@H]5C[C@@H](OC6CCN(CC7CCN(c8ccc9c(c8)CN(C8CCC(=O)NC8=O)C9=O)CC7)CC6)CN5C)nc4c3F)c12. The van der Waals surface area contributed by atoms with Crippen molar-refractivity contribution in [2.45, 2.75) is 101 Å². The molecule has 5 atom stereocenters. The van der Waals surface area contributed by atoms with Crippen LogP contribution in [0.25, 0.3) is 32.9 Å². The number of hydrogen-bond donors (Lipinski definition) is 2. The fourth-order valence-corrected chi connectivity index (χ4v) is 12.7. The number of anilines is 2. The van der Waals surface area contributed by atoms with Gasteiger partial charge in [-0.1, -0.05) is 30.2 Å². The van der Waals surface area contributed by atoms with Crippen molar-refractivity contribution in [2.75, 3.05) is 75.8 Å². The number of nitrogens with one attached hydrogen (secondary N) is 2. The first-order valence-electron chi connectivity index (χ1n) is 25.8. The summed E-state index contributed by atoms with van der Waals surface area (Å²) in [4.78, 5) is 62.8. The minimum absolute atomic E-state index is 0.0327. The summed E-state index contributed by atoms with van der Waals surface area (Å²) in [5, 5.41) is 7.66. The summed E-state index contributed by atoms with van der Waals surface area (Å²) in [6, 6.07) is 14.5. The minimum atomic E-state index is -0.642. The number of likely N-dealkylation sites (tertiary alicyclic amines) is 2. The maximum Gasteiger partial charge on any atom is 0.319 e. The van der Waals surface area contributed by atoms with Crippen LogP contribution >= 0.6 is 0 Å². The number of terminal acetylenes is 1. The molecule has 0 spiro atoms. The van der Waals surface area contributed by atoms with Crippen LogP contribution in [0.5, 0.6) is 6.01 Å². The number of aromatic nitrogens is 3. The molecule has 6 saturated heterocycles. The number of likely N-dealkylation sites (N-methyl/N-ethyl adjacent to an activating group) is 1. The highest BCUT2D eigenvalue weighted by atomic mass is 19.1. The number of rotatable bonds is 11. The number of ether oxygens (including phenoxy) is 2. The van der Waals surface area contributed by atoms with E-state index in [1.165, 1.54) is 6.07 Å². The van der Waals surface area contributed by atoms with Crippen LogP contribution in [0.4, 0.5) is 20.3 Å². The Bertz CT molecular complexity index is 3000. The third kappa shape index (κ3) is 8.90. The number of carbonyl (C=O) groups is 3. The smallest absolute Gasteiger partial charge is 0.319 e. The predicted octanol–water partition coefficient (Wildman–Crippen LogP) is 5.66. The number of amides is 3. The van der Waals surface area contributed by atoms with Crippen molar-refractivity contribution >= 4 is 50.9 Å². The molecule has 17 heteroatoms. The highest BCUT2D eigenvalue weighted by molar-refractivity contribution is 6.06. The zero-order valence-electron chi connectivity index (χ0n) is 40.6. The van der Waals surface area contributed by atoms with E-state index in [-0.39, 0.29) is 65.2 Å². The molecule has 7 aliphatic rings. The fourth-order valence-electron chi connectivity index (χ4n) is 12.7. The molecule has 7 aliphatic heterocycles. The van der Waals surface area contributed by atoms with Gasteiger partial charge in [0.15, 0.2) is 5.82 Å². The molecule has 0 saturated carbocycles. The molecule has 3 amide bonds. The Kier molecular flexibility index (Phi) is 12.5. The summed E-state index contributed by atoms with van der Waals surface area (Å²) in [6.45, 7) is 7.95. The van der Waals surface area contributed by atoms with Crippen LogP contribution < -0.4 is 25.2 Å². The summed E-state index contributed by atoms with van der Waals surface area (Å²) >= 11 is 0. The molecule has 2 N–H and O–H groups in total. The molecule has 0 radical (unpaired) electrons. The van der Waals surface area contributed by atoms with Gasteiger partial charge >= 0.3 is 6.01 Å². The molecule has 0 aliphatic carbocycles. The van der Waals surface area contributed by atoms with Gasteiger partial charge in [0.1, 0.15) is 35.5 Å². The largest absolute Gasteiger partial charge is 0.462 e. The lowest BCUT2D eigenvalue weighted by atomic mass is 9.94. The molecule has 9 heterocycles. The Morgan fingerprint density at radius 3 is 2.44 bits per heavy atom. The molecule has 2 bridgehead atoms. The zero-order chi connectivity index (χ0) is 49.2. The van der Waals surface area contributed by atoms with Crippen molar-refractivity contribution in [3.8, 4) is 29.6 Å². The van der Waals surface area contributed by atoms with Crippen LogP contribution in [-0.2, 0) is 20.9 Å². The van der Waals surface area contributed by atoms with Crippen molar-refractivity contribution in [3.63, 3.8) is 0 Å². The van der Waals surface area contributed by atoms with Gasteiger partial charge in [-0.15, -0.1) is 6.42 Å². The summed E-state index contributed by atoms with van der Waals surface area (Å²) in [6.07, 6.45) is 15.4. The van der Waals surface area contributed by atoms with Gasteiger partial charge in [-0.3, -0.25) is 29.6 Å². The fraction of sp³-hybridized carbons (Fsp3) is 0.491. The molecular weight excluding hydrogens is 919 g/mol. The Labute approximate surface area is 417 Å². The van der Waals surface area contributed by atoms with E-state index in [0.717, 1.165) is 109 Å². The number of hydrogen-bond acceptors (Lipinski definition) is 13. The van der Waals surface area contributed by atoms with Crippen LogP contribution in [0.2, 0.25) is 0 Å². The monoisotopic (exact) mass is 978 g/mol. The van der Waals surface area contributed by atoms with Gasteiger partial charge in [0.05, 0.1) is 23.2 Å². The third-order valence-corrected chi connectivity index (χ3v) is 16.5. The Balaban J connectivity index is 0.652. The number of piperazine rings is 1. The average Bonchev–Trinajstić information content (AvgIpc) is 4.04. The van der Waals surface area contributed by atoms with E-state index in [0.29, 0.717) is 70.7 Å². The second-order valence-electron chi connectivity index (χ2n) is 21.1. The predicted molar refractivity (Wildman–Crippen MR) is 269 cm³/mol. The number of benzene rings is 3. The molecule has 5 aromatic rings. The molecule has 12 rings (SSSR count). The van der Waals surface area contributed by atoms with Crippen molar-refractivity contribution in [1.29, 1.82) is 0 Å². The summed E-state index contributed by atoms with van der Waals surface area (Å²) in [5.41, 5.74) is 3.28. The molecule has 3 unspecified atom stereocenters. The van der Waals surface area contributed by atoms with Gasteiger partial charge in [0.25, 0.3) is 5.91 Å². The molecule has 2 aromatic heterocycles. The highest BCUT2D eigenvalue weighted by Crippen LogP contribution is 2.39. The lowest BCUT2D eigenvalue weighted by Crippen LogP contribution is -2.52. The summed E-state index contributed by atoms with van der Waals surface area (Å²) in [5.74, 6) is 1.67. The molecule has 3 aromatic carbocycles. The van der Waals surface area contributed by atoms with Crippen molar-refractivity contribution in [1.82, 2.24) is 40.3 Å². The first-order chi connectivity index (χ1) is 35.0. The highest BCUT2D eigenvalue weighted by Gasteiger charge is 2.40. The lowest BCUT2D eigenvalue weighted by Gasteiger charge is -2.38. The van der Waals surface area contributed by atoms with Crippen LogP contribution in [0, 0.1) is 29.9 Å². The van der Waals surface area contributed by atoms with Crippen molar-refractivity contribution in [2.24, 2.45) is 5.92 Å². The topological polar surface area (TPSA) is 149 Å². The van der Waals surface area contributed by atoms with Crippen molar-refractivity contribution in [3.05, 3.63) is 83.1 Å². The normalized spacial score (nSPS) is 25.4. The van der Waals surface area contributed by atoms with Crippen LogP contribution in [-0.4, -0.2) is 150 Å². The number of halogens is 2. The van der Waals surface area contributed by atoms with Gasteiger partial charge in [-0.2, -0.15) is 9.97 Å². The average molecular weight is 979 g/mol. The number of piperidine rings is 3. The van der Waals surface area contributed by atoms with E-state index in [4.69, 9.17) is 25.9 Å². The Morgan fingerprint density at radius 1 is 0.861 bits per heavy atom. The second-order valence-corrected chi connectivity index (χ2v) is 21.1. The number of fused-ring (bicyclic) bond motifs is 5. The summed E-state index contributed by atoms with van der Waals surface area (Å²) < 4.78 is 45.3. The second kappa shape index (κ2) is 19.3. The van der Waals surface area contributed by atoms with Gasteiger partial charge < -0.3 is 34.4 Å². The van der Waals surface area contributed by atoms with E-state index in [2.05, 4.69) is 54.3 Å².